The fourth-order valence-electron chi connectivity index (χ4n) is 2.93. The van der Waals surface area contributed by atoms with Gasteiger partial charge in [0, 0.05) is 5.56 Å². The first-order valence-corrected chi connectivity index (χ1v) is 9.56. The lowest BCUT2D eigenvalue weighted by Crippen LogP contribution is -2.31. The van der Waals surface area contributed by atoms with Gasteiger partial charge in [-0.15, -0.1) is 0 Å². The maximum Gasteiger partial charge on any atom is 0.317 e. The summed E-state index contributed by atoms with van der Waals surface area (Å²) < 4.78 is 19.8. The van der Waals surface area contributed by atoms with Crippen LogP contribution in [0.3, 0.4) is 0 Å². The topological polar surface area (TPSA) is 63.6 Å². The number of halogens is 1. The molecule has 0 aromatic heterocycles. The highest BCUT2D eigenvalue weighted by molar-refractivity contribution is 5.83. The first-order chi connectivity index (χ1) is 13.2. The van der Waals surface area contributed by atoms with Gasteiger partial charge in [-0.25, -0.2) is 4.39 Å². The molecule has 0 heterocycles. The number of hydrogen-bond donors (Lipinski definition) is 1. The second-order valence-corrected chi connectivity index (χ2v) is 7.64. The highest BCUT2D eigenvalue weighted by Gasteiger charge is 2.32. The number of esters is 1. The molecule has 4 nitrogen and oxygen atoms in total. The number of carboxylic acids is 1. The lowest BCUT2D eigenvalue weighted by molar-refractivity contribution is -0.151. The van der Waals surface area contributed by atoms with E-state index < -0.39 is 17.4 Å². The molecule has 0 amide bonds. The standard InChI is InChI=1S/C23H27FO4/c1-4-5-6-7-16-8-13-19(20(24)14-16)17-9-11-18(12-10-17)28-22(27)23(2,3)15-21(25)26/h8-14H,4-7,15H2,1-3H3,(H,25,26). The molecule has 0 fully saturated rings. The molecule has 2 rings (SSSR count). The molecule has 0 aliphatic rings. The Morgan fingerprint density at radius 2 is 1.75 bits per heavy atom. The predicted molar refractivity (Wildman–Crippen MR) is 107 cm³/mol. The Balaban J connectivity index is 2.08. The van der Waals surface area contributed by atoms with Crippen molar-refractivity contribution in [2.24, 2.45) is 5.41 Å². The van der Waals surface area contributed by atoms with Crippen LogP contribution in [0, 0.1) is 11.2 Å². The number of rotatable bonds is 9. The zero-order valence-corrected chi connectivity index (χ0v) is 16.6. The van der Waals surface area contributed by atoms with Crippen LogP contribution in [0.15, 0.2) is 42.5 Å². The first-order valence-electron chi connectivity index (χ1n) is 9.56. The van der Waals surface area contributed by atoms with Crippen molar-refractivity contribution >= 4 is 11.9 Å². The molecule has 0 atom stereocenters. The number of carbonyl (C=O) groups is 2. The van der Waals surface area contributed by atoms with E-state index in [-0.39, 0.29) is 12.2 Å². The quantitative estimate of drug-likeness (QED) is 0.344. The molecular formula is C23H27FO4. The summed E-state index contributed by atoms with van der Waals surface area (Å²) in [5.74, 6) is -1.67. The van der Waals surface area contributed by atoms with Crippen molar-refractivity contribution in [3.63, 3.8) is 0 Å². The van der Waals surface area contributed by atoms with E-state index in [9.17, 15) is 14.0 Å². The van der Waals surface area contributed by atoms with Crippen LogP contribution in [0.2, 0.25) is 0 Å². The number of carbonyl (C=O) groups excluding carboxylic acids is 1. The molecule has 0 aliphatic carbocycles. The van der Waals surface area contributed by atoms with Gasteiger partial charge in [0.05, 0.1) is 11.8 Å². The molecule has 28 heavy (non-hydrogen) atoms. The van der Waals surface area contributed by atoms with E-state index in [1.54, 1.807) is 36.4 Å². The predicted octanol–water partition coefficient (Wildman–Crippen LogP) is 5.63. The zero-order valence-electron chi connectivity index (χ0n) is 16.6. The van der Waals surface area contributed by atoms with Crippen LogP contribution in [0.25, 0.3) is 11.1 Å². The van der Waals surface area contributed by atoms with Crippen LogP contribution in [0.5, 0.6) is 5.75 Å². The Morgan fingerprint density at radius 3 is 2.32 bits per heavy atom. The minimum absolute atomic E-state index is 0.277. The fraction of sp³-hybridized carbons (Fsp3) is 0.391. The van der Waals surface area contributed by atoms with Gasteiger partial charge in [0.25, 0.3) is 0 Å². The maximum atomic E-state index is 14.5. The SMILES string of the molecule is CCCCCc1ccc(-c2ccc(OC(=O)C(C)(C)CC(=O)O)cc2)c(F)c1. The molecule has 0 saturated carbocycles. The molecule has 0 bridgehead atoms. The minimum Gasteiger partial charge on any atom is -0.481 e. The van der Waals surface area contributed by atoms with E-state index >= 15 is 0 Å². The normalized spacial score (nSPS) is 11.3. The summed E-state index contributed by atoms with van der Waals surface area (Å²) >= 11 is 0. The number of ether oxygens (including phenoxy) is 1. The highest BCUT2D eigenvalue weighted by atomic mass is 19.1. The third-order valence-electron chi connectivity index (χ3n) is 4.62. The van der Waals surface area contributed by atoms with Gasteiger partial charge >= 0.3 is 11.9 Å². The van der Waals surface area contributed by atoms with Crippen molar-refractivity contribution in [1.29, 1.82) is 0 Å². The third kappa shape index (κ3) is 5.91. The number of aryl methyl sites for hydroxylation is 1. The van der Waals surface area contributed by atoms with Gasteiger partial charge in [0.1, 0.15) is 11.6 Å². The van der Waals surface area contributed by atoms with Gasteiger partial charge in [-0.1, -0.05) is 44.0 Å². The fourth-order valence-corrected chi connectivity index (χ4v) is 2.93. The van der Waals surface area contributed by atoms with Crippen molar-refractivity contribution in [1.82, 2.24) is 0 Å². The van der Waals surface area contributed by atoms with Crippen molar-refractivity contribution < 1.29 is 23.8 Å². The number of benzene rings is 2. The first kappa shape index (κ1) is 21.6. The Morgan fingerprint density at radius 1 is 1.07 bits per heavy atom. The number of carboxylic acid groups (broad SMARTS) is 1. The molecule has 0 unspecified atom stereocenters. The van der Waals surface area contributed by atoms with E-state index in [1.807, 2.05) is 6.07 Å². The van der Waals surface area contributed by atoms with Crippen LogP contribution in [-0.4, -0.2) is 17.0 Å². The van der Waals surface area contributed by atoms with E-state index in [1.165, 1.54) is 13.8 Å². The zero-order chi connectivity index (χ0) is 20.7. The summed E-state index contributed by atoms with van der Waals surface area (Å²) in [4.78, 5) is 23.0. The van der Waals surface area contributed by atoms with Gasteiger partial charge in [-0.3, -0.25) is 9.59 Å². The van der Waals surface area contributed by atoms with E-state index in [0.29, 0.717) is 16.9 Å². The second kappa shape index (κ2) is 9.49. The summed E-state index contributed by atoms with van der Waals surface area (Å²) in [7, 11) is 0. The average Bonchev–Trinajstić information content (AvgIpc) is 2.62. The molecule has 0 radical (unpaired) electrons. The van der Waals surface area contributed by atoms with Crippen molar-refractivity contribution in [3.05, 3.63) is 53.8 Å². The summed E-state index contributed by atoms with van der Waals surface area (Å²) in [6.45, 7) is 5.18. The molecule has 2 aromatic carbocycles. The summed E-state index contributed by atoms with van der Waals surface area (Å²) in [5.41, 5.74) is 1.02. The Kier molecular flexibility index (Phi) is 7.32. The van der Waals surface area contributed by atoms with Crippen molar-refractivity contribution in [3.8, 4) is 16.9 Å². The molecule has 0 aliphatic heterocycles. The minimum atomic E-state index is -1.13. The van der Waals surface area contributed by atoms with Gasteiger partial charge in [-0.05, 0) is 56.0 Å². The highest BCUT2D eigenvalue weighted by Crippen LogP contribution is 2.28. The number of hydrogen-bond acceptors (Lipinski definition) is 3. The van der Waals surface area contributed by atoms with E-state index in [0.717, 1.165) is 31.2 Å². The van der Waals surface area contributed by atoms with Crippen LogP contribution in [-0.2, 0) is 16.0 Å². The summed E-state index contributed by atoms with van der Waals surface area (Å²) in [6, 6.07) is 11.8. The number of aliphatic carboxylic acids is 1. The summed E-state index contributed by atoms with van der Waals surface area (Å²) in [5, 5.41) is 8.89. The van der Waals surface area contributed by atoms with Crippen LogP contribution in [0.4, 0.5) is 4.39 Å². The molecule has 0 spiro atoms. The van der Waals surface area contributed by atoms with Gasteiger partial charge in [-0.2, -0.15) is 0 Å². The van der Waals surface area contributed by atoms with Crippen LogP contribution < -0.4 is 4.74 Å². The third-order valence-corrected chi connectivity index (χ3v) is 4.62. The van der Waals surface area contributed by atoms with Crippen LogP contribution in [0.1, 0.15) is 52.0 Å². The monoisotopic (exact) mass is 386 g/mol. The van der Waals surface area contributed by atoms with E-state index in [4.69, 9.17) is 9.84 Å². The molecule has 1 N–H and O–H groups in total. The lowest BCUT2D eigenvalue weighted by atomic mass is 9.89. The van der Waals surface area contributed by atoms with Crippen molar-refractivity contribution in [2.75, 3.05) is 0 Å². The maximum absolute atomic E-state index is 14.5. The number of unbranched alkanes of at least 4 members (excludes halogenated alkanes) is 2. The average molecular weight is 386 g/mol. The smallest absolute Gasteiger partial charge is 0.317 e. The van der Waals surface area contributed by atoms with Gasteiger partial charge in [0.2, 0.25) is 0 Å². The van der Waals surface area contributed by atoms with Gasteiger partial charge < -0.3 is 9.84 Å². The van der Waals surface area contributed by atoms with Crippen molar-refractivity contribution in [2.45, 2.75) is 52.9 Å². The Hall–Kier alpha value is -2.69. The largest absolute Gasteiger partial charge is 0.481 e. The Bertz CT molecular complexity index is 825. The molecule has 0 saturated heterocycles. The molecule has 5 heteroatoms. The second-order valence-electron chi connectivity index (χ2n) is 7.64. The Labute approximate surface area is 165 Å². The molecule has 150 valence electrons. The van der Waals surface area contributed by atoms with E-state index in [2.05, 4.69) is 6.92 Å². The van der Waals surface area contributed by atoms with Crippen LogP contribution >= 0.6 is 0 Å². The van der Waals surface area contributed by atoms with Gasteiger partial charge in [0.15, 0.2) is 0 Å². The summed E-state index contributed by atoms with van der Waals surface area (Å²) in [6.07, 6.45) is 3.86. The molecule has 2 aromatic rings. The lowest BCUT2D eigenvalue weighted by Gasteiger charge is -2.20. The molecular weight excluding hydrogens is 359 g/mol.